The molecule has 6 amide bonds. The molecule has 56 heavy (non-hydrogen) atoms. The molecule has 0 spiro atoms. The molecule has 2 fully saturated rings. The van der Waals surface area contributed by atoms with Gasteiger partial charge >= 0.3 is 0 Å². The lowest BCUT2D eigenvalue weighted by molar-refractivity contribution is -0.129. The van der Waals surface area contributed by atoms with Crippen LogP contribution in [0.2, 0.25) is 0 Å². The molecule has 0 unspecified atom stereocenters. The van der Waals surface area contributed by atoms with Crippen LogP contribution >= 0.6 is 0 Å². The van der Waals surface area contributed by atoms with E-state index in [2.05, 4.69) is 20.4 Å². The van der Waals surface area contributed by atoms with E-state index in [9.17, 15) is 28.8 Å². The minimum Gasteiger partial charge on any atom is -0.367 e. The van der Waals surface area contributed by atoms with Crippen LogP contribution in [0.15, 0.2) is 60.7 Å². The third kappa shape index (κ3) is 6.62. The molecule has 4 aromatic rings. The molecule has 4 aromatic carbocycles. The number of amides is 6. The van der Waals surface area contributed by atoms with Crippen LogP contribution in [0.3, 0.4) is 0 Å². The molecule has 0 saturated carbocycles. The quantitative estimate of drug-likeness (QED) is 0.173. The Morgan fingerprint density at radius 2 is 0.839 bits per heavy atom. The average Bonchev–Trinajstić information content (AvgIpc) is 3.21. The normalized spacial score (nSPS) is 17.2. The van der Waals surface area contributed by atoms with Gasteiger partial charge < -0.3 is 30.2 Å². The fraction of sp³-hybridized carbons (Fsp3) is 0.381. The molecule has 14 heteroatoms. The highest BCUT2D eigenvalue weighted by Gasteiger charge is 2.35. The van der Waals surface area contributed by atoms with Gasteiger partial charge in [0.25, 0.3) is 23.6 Å². The summed E-state index contributed by atoms with van der Waals surface area (Å²) in [4.78, 5) is 88.8. The minimum atomic E-state index is -0.316. The smallest absolute Gasteiger partial charge is 0.261 e. The Balaban J connectivity index is 0.822. The summed E-state index contributed by atoms with van der Waals surface area (Å²) in [5.41, 5.74) is 3.95. The predicted molar refractivity (Wildman–Crippen MR) is 213 cm³/mol. The van der Waals surface area contributed by atoms with Crippen LogP contribution in [0.25, 0.3) is 21.5 Å². The van der Waals surface area contributed by atoms with Crippen molar-refractivity contribution in [1.29, 1.82) is 0 Å². The maximum absolute atomic E-state index is 13.6. The van der Waals surface area contributed by atoms with E-state index in [0.29, 0.717) is 112 Å². The number of nitrogens with one attached hydrogen (secondary N) is 2. The van der Waals surface area contributed by atoms with Gasteiger partial charge in [0, 0.05) is 161 Å². The molecule has 0 aromatic heterocycles. The van der Waals surface area contributed by atoms with Gasteiger partial charge in [0.2, 0.25) is 11.8 Å². The summed E-state index contributed by atoms with van der Waals surface area (Å²) < 4.78 is 0. The van der Waals surface area contributed by atoms with Crippen molar-refractivity contribution in [2.24, 2.45) is 0 Å². The summed E-state index contributed by atoms with van der Waals surface area (Å²) >= 11 is 0. The second-order valence-electron chi connectivity index (χ2n) is 14.7. The Labute approximate surface area is 324 Å². The SMILES string of the molecule is CC(=O)N1CCN(c2ccc3c4c(cccc24)C(=O)N(CCNCCNCCN2C(=O)c4cccc5c(N6CCN(C(C)=O)CC6)ccc(c45)C2=O)C3=O)CC1. The van der Waals surface area contributed by atoms with Crippen molar-refractivity contribution in [3.8, 4) is 0 Å². The van der Waals surface area contributed by atoms with E-state index >= 15 is 0 Å². The van der Waals surface area contributed by atoms with E-state index < -0.39 is 0 Å². The Kier molecular flexibility index (Phi) is 10.2. The van der Waals surface area contributed by atoms with Gasteiger partial charge in [-0.25, -0.2) is 0 Å². The molecule has 2 N–H and O–H groups in total. The van der Waals surface area contributed by atoms with Crippen LogP contribution in [-0.4, -0.2) is 147 Å². The highest BCUT2D eigenvalue weighted by molar-refractivity contribution is 6.28. The lowest BCUT2D eigenvalue weighted by Crippen LogP contribution is -2.48. The number of carbonyl (C=O) groups is 6. The summed E-state index contributed by atoms with van der Waals surface area (Å²) in [5.74, 6) is -1.14. The van der Waals surface area contributed by atoms with Crippen molar-refractivity contribution in [3.05, 3.63) is 82.9 Å². The van der Waals surface area contributed by atoms with Gasteiger partial charge in [0.1, 0.15) is 0 Å². The fourth-order valence-corrected chi connectivity index (χ4v) is 8.55. The molecule has 2 saturated heterocycles. The zero-order chi connectivity index (χ0) is 39.1. The Hall–Kier alpha value is -5.86. The first-order valence-corrected chi connectivity index (χ1v) is 19.4. The van der Waals surface area contributed by atoms with Crippen LogP contribution < -0.4 is 20.4 Å². The standard InChI is InChI=1S/C42H46N8O6/c1-27(51)45-19-23-47(24-20-45)35-11-9-33-37-29(35)5-3-7-31(37)39(53)49(41(33)55)17-15-43-13-14-44-16-18-50-40(54)32-8-4-6-30-36(12-10-34(38(30)32)42(50)56)48-25-21-46(22-26-48)28(2)52/h3-12,43-44H,13-26H2,1-2H3. The largest absolute Gasteiger partial charge is 0.367 e. The number of rotatable bonds is 11. The maximum Gasteiger partial charge on any atom is 0.261 e. The molecular formula is C42H46N8O6. The highest BCUT2D eigenvalue weighted by Crippen LogP contribution is 2.38. The molecule has 8 rings (SSSR count). The summed E-state index contributed by atoms with van der Waals surface area (Å²) in [6, 6.07) is 18.7. The first kappa shape index (κ1) is 37.1. The lowest BCUT2D eigenvalue weighted by atomic mass is 9.92. The molecule has 4 aliphatic heterocycles. The summed E-state index contributed by atoms with van der Waals surface area (Å²) in [7, 11) is 0. The first-order valence-electron chi connectivity index (χ1n) is 19.4. The van der Waals surface area contributed by atoms with Gasteiger partial charge in [-0.1, -0.05) is 24.3 Å². The van der Waals surface area contributed by atoms with Gasteiger partial charge in [-0.05, 0) is 36.4 Å². The third-order valence-corrected chi connectivity index (χ3v) is 11.6. The molecule has 0 bridgehead atoms. The van der Waals surface area contributed by atoms with E-state index in [1.165, 1.54) is 9.80 Å². The zero-order valence-corrected chi connectivity index (χ0v) is 31.8. The van der Waals surface area contributed by atoms with Crippen LogP contribution in [0.4, 0.5) is 11.4 Å². The molecule has 0 atom stereocenters. The van der Waals surface area contributed by atoms with Crippen molar-refractivity contribution in [2.75, 3.05) is 101 Å². The Morgan fingerprint density at radius 3 is 1.20 bits per heavy atom. The predicted octanol–water partition coefficient (Wildman–Crippen LogP) is 2.40. The number of piperazine rings is 2. The van der Waals surface area contributed by atoms with E-state index in [1.807, 2.05) is 58.3 Å². The summed E-state index contributed by atoms with van der Waals surface area (Å²) in [5, 5.41) is 9.67. The average molecular weight is 759 g/mol. The van der Waals surface area contributed by atoms with Gasteiger partial charge in [-0.3, -0.25) is 38.6 Å². The molecule has 14 nitrogen and oxygen atoms in total. The topological polar surface area (TPSA) is 146 Å². The third-order valence-electron chi connectivity index (χ3n) is 11.6. The van der Waals surface area contributed by atoms with Gasteiger partial charge in [-0.2, -0.15) is 0 Å². The first-order chi connectivity index (χ1) is 27.1. The van der Waals surface area contributed by atoms with Gasteiger partial charge in [0.05, 0.1) is 0 Å². The van der Waals surface area contributed by atoms with Crippen molar-refractivity contribution in [2.45, 2.75) is 13.8 Å². The highest BCUT2D eigenvalue weighted by atomic mass is 16.2. The molecule has 290 valence electrons. The van der Waals surface area contributed by atoms with Gasteiger partial charge in [0.15, 0.2) is 0 Å². The lowest BCUT2D eigenvalue weighted by Gasteiger charge is -2.37. The van der Waals surface area contributed by atoms with Crippen molar-refractivity contribution in [3.63, 3.8) is 0 Å². The van der Waals surface area contributed by atoms with E-state index in [4.69, 9.17) is 0 Å². The fourth-order valence-electron chi connectivity index (χ4n) is 8.55. The number of hydrogen-bond donors (Lipinski definition) is 2. The number of anilines is 2. The summed E-state index contributed by atoms with van der Waals surface area (Å²) in [6.07, 6.45) is 0. The van der Waals surface area contributed by atoms with Crippen LogP contribution in [0, 0.1) is 0 Å². The number of hydrogen-bond acceptors (Lipinski definition) is 10. The van der Waals surface area contributed by atoms with Crippen molar-refractivity contribution in [1.82, 2.24) is 30.2 Å². The van der Waals surface area contributed by atoms with E-state index in [0.717, 1.165) is 22.1 Å². The number of nitrogens with zero attached hydrogens (tertiary/aromatic N) is 6. The number of imide groups is 2. The number of carbonyl (C=O) groups excluding carboxylic acids is 6. The molecule has 4 aliphatic rings. The maximum atomic E-state index is 13.6. The van der Waals surface area contributed by atoms with E-state index in [-0.39, 0.29) is 48.5 Å². The summed E-state index contributed by atoms with van der Waals surface area (Å²) in [6.45, 7) is 10.7. The monoisotopic (exact) mass is 758 g/mol. The van der Waals surface area contributed by atoms with Crippen molar-refractivity contribution < 1.29 is 28.8 Å². The second-order valence-corrected chi connectivity index (χ2v) is 14.7. The molecule has 4 heterocycles. The Morgan fingerprint density at radius 1 is 0.482 bits per heavy atom. The molecule has 0 aliphatic carbocycles. The van der Waals surface area contributed by atoms with Crippen LogP contribution in [-0.2, 0) is 9.59 Å². The zero-order valence-electron chi connectivity index (χ0n) is 31.8. The van der Waals surface area contributed by atoms with Crippen molar-refractivity contribution >= 4 is 68.4 Å². The van der Waals surface area contributed by atoms with E-state index in [1.54, 1.807) is 26.0 Å². The van der Waals surface area contributed by atoms with Crippen LogP contribution in [0.1, 0.15) is 55.3 Å². The number of benzene rings is 4. The minimum absolute atomic E-state index is 0.0613. The van der Waals surface area contributed by atoms with Crippen LogP contribution in [0.5, 0.6) is 0 Å². The Bertz CT molecular complexity index is 2070. The second kappa shape index (κ2) is 15.3. The molecular weight excluding hydrogens is 713 g/mol. The van der Waals surface area contributed by atoms with Gasteiger partial charge in [-0.15, -0.1) is 0 Å². The molecule has 0 radical (unpaired) electrons.